The molecule has 0 aliphatic carbocycles. The highest BCUT2D eigenvalue weighted by atomic mass is 35.5. The van der Waals surface area contributed by atoms with Gasteiger partial charge in [0, 0.05) is 13.2 Å². The van der Waals surface area contributed by atoms with Gasteiger partial charge in [-0.2, -0.15) is 4.31 Å². The zero-order valence-corrected chi connectivity index (χ0v) is 14.4. The number of anilines is 1. The second-order valence-electron chi connectivity index (χ2n) is 4.63. The molecule has 6 nitrogen and oxygen atoms in total. The lowest BCUT2D eigenvalue weighted by Gasteiger charge is -2.17. The van der Waals surface area contributed by atoms with Crippen LogP contribution in [0.15, 0.2) is 47.6 Å². The molecule has 0 atom stereocenters. The number of likely N-dealkylation sites (N-methyl/N-ethyl adjacent to an activating group) is 1. The van der Waals surface area contributed by atoms with Crippen LogP contribution in [0.2, 0.25) is 10.0 Å². The fourth-order valence-electron chi connectivity index (χ4n) is 1.74. The van der Waals surface area contributed by atoms with Crippen LogP contribution < -0.4 is 5.32 Å². The number of sulfonamides is 1. The summed E-state index contributed by atoms with van der Waals surface area (Å²) < 4.78 is 25.8. The van der Waals surface area contributed by atoms with E-state index in [0.29, 0.717) is 5.69 Å². The predicted molar refractivity (Wildman–Crippen MR) is 89.1 cm³/mol. The van der Waals surface area contributed by atoms with E-state index in [1.54, 1.807) is 18.3 Å². The number of pyridine rings is 1. The van der Waals surface area contributed by atoms with E-state index in [4.69, 9.17) is 23.2 Å². The predicted octanol–water partition coefficient (Wildman–Crippen LogP) is 2.65. The molecular weight excluding hydrogens is 361 g/mol. The minimum Gasteiger partial charge on any atom is -0.324 e. The number of amides is 1. The maximum absolute atomic E-state index is 12.4. The second kappa shape index (κ2) is 7.27. The van der Waals surface area contributed by atoms with Gasteiger partial charge in [0.25, 0.3) is 0 Å². The zero-order chi connectivity index (χ0) is 17.0. The molecule has 1 amide bonds. The number of carbonyl (C=O) groups excluding carboxylic acids is 1. The highest BCUT2D eigenvalue weighted by Gasteiger charge is 2.23. The number of nitrogens with zero attached hydrogens (tertiary/aromatic N) is 2. The van der Waals surface area contributed by atoms with Crippen LogP contribution in [0, 0.1) is 0 Å². The van der Waals surface area contributed by atoms with Gasteiger partial charge in [0.1, 0.15) is 0 Å². The summed E-state index contributed by atoms with van der Waals surface area (Å²) in [4.78, 5) is 15.7. The SMILES string of the molecule is CN(CC(=O)Nc1cccnc1)S(=O)(=O)c1ccc(Cl)c(Cl)c1. The minimum atomic E-state index is -3.85. The quantitative estimate of drug-likeness (QED) is 0.873. The summed E-state index contributed by atoms with van der Waals surface area (Å²) in [6.07, 6.45) is 3.03. The van der Waals surface area contributed by atoms with Crippen molar-refractivity contribution in [2.45, 2.75) is 4.90 Å². The molecule has 1 aromatic heterocycles. The Balaban J connectivity index is 2.10. The van der Waals surface area contributed by atoms with Gasteiger partial charge >= 0.3 is 0 Å². The van der Waals surface area contributed by atoms with Crippen LogP contribution in [-0.2, 0) is 14.8 Å². The van der Waals surface area contributed by atoms with Crippen LogP contribution in [0.4, 0.5) is 5.69 Å². The summed E-state index contributed by atoms with van der Waals surface area (Å²) in [6, 6.07) is 7.28. The maximum Gasteiger partial charge on any atom is 0.243 e. The standard InChI is InChI=1S/C14H13Cl2N3O3S/c1-19(9-14(20)18-10-3-2-6-17-8-10)23(21,22)11-4-5-12(15)13(16)7-11/h2-8H,9H2,1H3,(H,18,20). The van der Waals surface area contributed by atoms with Crippen LogP contribution in [0.3, 0.4) is 0 Å². The Morgan fingerprint density at radius 3 is 2.61 bits per heavy atom. The number of aromatic nitrogens is 1. The van der Waals surface area contributed by atoms with Crippen molar-refractivity contribution in [1.29, 1.82) is 0 Å². The Labute approximate surface area is 144 Å². The highest BCUT2D eigenvalue weighted by Crippen LogP contribution is 2.26. The minimum absolute atomic E-state index is 0.0384. The first kappa shape index (κ1) is 17.7. The smallest absolute Gasteiger partial charge is 0.243 e. The average Bonchev–Trinajstić information content (AvgIpc) is 2.50. The lowest BCUT2D eigenvalue weighted by atomic mass is 10.4. The molecule has 0 bridgehead atoms. The third kappa shape index (κ3) is 4.42. The summed E-state index contributed by atoms with van der Waals surface area (Å²) in [7, 11) is -2.55. The van der Waals surface area contributed by atoms with E-state index in [9.17, 15) is 13.2 Å². The lowest BCUT2D eigenvalue weighted by Crippen LogP contribution is -2.35. The number of rotatable bonds is 5. The molecule has 0 radical (unpaired) electrons. The molecule has 2 aromatic rings. The first-order valence-electron chi connectivity index (χ1n) is 6.42. The molecule has 0 aliphatic heterocycles. The molecule has 0 fully saturated rings. The zero-order valence-electron chi connectivity index (χ0n) is 12.0. The Kier molecular flexibility index (Phi) is 5.59. The van der Waals surface area contributed by atoms with Gasteiger partial charge < -0.3 is 5.32 Å². The van der Waals surface area contributed by atoms with Gasteiger partial charge in [-0.1, -0.05) is 23.2 Å². The number of halogens is 2. The van der Waals surface area contributed by atoms with E-state index in [2.05, 4.69) is 10.3 Å². The molecule has 122 valence electrons. The molecule has 0 aliphatic rings. The fourth-order valence-corrected chi connectivity index (χ4v) is 3.26. The van der Waals surface area contributed by atoms with Crippen molar-refractivity contribution in [1.82, 2.24) is 9.29 Å². The van der Waals surface area contributed by atoms with Gasteiger partial charge in [-0.15, -0.1) is 0 Å². The second-order valence-corrected chi connectivity index (χ2v) is 7.49. The van der Waals surface area contributed by atoms with Gasteiger partial charge in [0.05, 0.1) is 33.4 Å². The molecule has 1 N–H and O–H groups in total. The van der Waals surface area contributed by atoms with Crippen LogP contribution in [0.25, 0.3) is 0 Å². The van der Waals surface area contributed by atoms with E-state index in [1.807, 2.05) is 0 Å². The summed E-state index contributed by atoms with van der Waals surface area (Å²) in [5, 5.41) is 2.94. The normalized spacial score (nSPS) is 11.5. The Morgan fingerprint density at radius 2 is 2.00 bits per heavy atom. The van der Waals surface area contributed by atoms with Gasteiger partial charge in [-0.3, -0.25) is 9.78 Å². The van der Waals surface area contributed by atoms with E-state index in [1.165, 1.54) is 31.4 Å². The summed E-state index contributed by atoms with van der Waals surface area (Å²) in [5.74, 6) is -0.482. The van der Waals surface area contributed by atoms with Crippen molar-refractivity contribution in [2.24, 2.45) is 0 Å². The van der Waals surface area contributed by atoms with Crippen molar-refractivity contribution < 1.29 is 13.2 Å². The lowest BCUT2D eigenvalue weighted by molar-refractivity contribution is -0.116. The summed E-state index contributed by atoms with van der Waals surface area (Å²) in [6.45, 7) is -0.350. The van der Waals surface area contributed by atoms with Crippen LogP contribution in [0.1, 0.15) is 0 Å². The van der Waals surface area contributed by atoms with E-state index >= 15 is 0 Å². The van der Waals surface area contributed by atoms with Gasteiger partial charge in [-0.05, 0) is 30.3 Å². The number of benzene rings is 1. The monoisotopic (exact) mass is 373 g/mol. The van der Waals surface area contributed by atoms with E-state index < -0.39 is 15.9 Å². The number of hydrogen-bond acceptors (Lipinski definition) is 4. The summed E-state index contributed by atoms with van der Waals surface area (Å²) in [5.41, 5.74) is 0.484. The molecule has 1 aromatic carbocycles. The Morgan fingerprint density at radius 1 is 1.26 bits per heavy atom. The largest absolute Gasteiger partial charge is 0.324 e. The van der Waals surface area contributed by atoms with Crippen molar-refractivity contribution >= 4 is 44.8 Å². The number of hydrogen-bond donors (Lipinski definition) is 1. The molecule has 9 heteroatoms. The van der Waals surface area contributed by atoms with Gasteiger partial charge in [0.2, 0.25) is 15.9 Å². The average molecular weight is 374 g/mol. The molecule has 0 unspecified atom stereocenters. The van der Waals surface area contributed by atoms with Crippen molar-refractivity contribution in [3.05, 3.63) is 52.8 Å². The van der Waals surface area contributed by atoms with Gasteiger partial charge in [0.15, 0.2) is 0 Å². The Bertz CT molecular complexity index is 813. The molecule has 0 spiro atoms. The molecule has 23 heavy (non-hydrogen) atoms. The van der Waals surface area contributed by atoms with Crippen molar-refractivity contribution in [3.63, 3.8) is 0 Å². The van der Waals surface area contributed by atoms with Gasteiger partial charge in [-0.25, -0.2) is 8.42 Å². The molecule has 2 rings (SSSR count). The summed E-state index contributed by atoms with van der Waals surface area (Å²) >= 11 is 11.6. The maximum atomic E-state index is 12.4. The van der Waals surface area contributed by atoms with Crippen molar-refractivity contribution in [3.8, 4) is 0 Å². The van der Waals surface area contributed by atoms with Crippen LogP contribution in [-0.4, -0.2) is 37.2 Å². The highest BCUT2D eigenvalue weighted by molar-refractivity contribution is 7.89. The topological polar surface area (TPSA) is 79.4 Å². The molecule has 0 saturated heterocycles. The third-order valence-electron chi connectivity index (χ3n) is 2.91. The van der Waals surface area contributed by atoms with Crippen LogP contribution in [0.5, 0.6) is 0 Å². The number of carbonyl (C=O) groups is 1. The molecular formula is C14H13Cl2N3O3S. The molecule has 1 heterocycles. The first-order chi connectivity index (χ1) is 10.8. The third-order valence-corrected chi connectivity index (χ3v) is 5.45. The van der Waals surface area contributed by atoms with E-state index in [0.717, 1.165) is 4.31 Å². The van der Waals surface area contributed by atoms with Crippen molar-refractivity contribution in [2.75, 3.05) is 18.9 Å². The van der Waals surface area contributed by atoms with Crippen LogP contribution >= 0.6 is 23.2 Å². The molecule has 0 saturated carbocycles. The van der Waals surface area contributed by atoms with E-state index in [-0.39, 0.29) is 21.5 Å². The number of nitrogens with one attached hydrogen (secondary N) is 1. The Hall–Kier alpha value is -1.67. The first-order valence-corrected chi connectivity index (χ1v) is 8.61. The fraction of sp³-hybridized carbons (Fsp3) is 0.143.